The molecule has 0 unspecified atom stereocenters. The lowest BCUT2D eigenvalue weighted by molar-refractivity contribution is -0.389. The summed E-state index contributed by atoms with van der Waals surface area (Å²) in [5.74, 6) is 1.42. The molecule has 0 spiro atoms. The molecular formula is C8H9ClN2O2S. The molecule has 0 fully saturated rings. The van der Waals surface area contributed by atoms with E-state index < -0.39 is 4.92 Å². The van der Waals surface area contributed by atoms with Crippen molar-refractivity contribution in [2.75, 3.05) is 11.6 Å². The van der Waals surface area contributed by atoms with Gasteiger partial charge < -0.3 is 10.1 Å². The predicted octanol–water partition coefficient (Wildman–Crippen LogP) is 2.71. The molecule has 0 amide bonds. The van der Waals surface area contributed by atoms with E-state index in [0.717, 1.165) is 17.1 Å². The first-order valence-electron chi connectivity index (χ1n) is 4.03. The van der Waals surface area contributed by atoms with Crippen molar-refractivity contribution in [1.82, 2.24) is 4.98 Å². The van der Waals surface area contributed by atoms with Gasteiger partial charge >= 0.3 is 5.82 Å². The molecule has 0 bridgehead atoms. The van der Waals surface area contributed by atoms with Crippen molar-refractivity contribution >= 4 is 29.2 Å². The molecule has 0 aromatic carbocycles. The van der Waals surface area contributed by atoms with Gasteiger partial charge in [-0.2, -0.15) is 0 Å². The molecule has 4 nitrogen and oxygen atoms in total. The van der Waals surface area contributed by atoms with E-state index in [1.165, 1.54) is 12.3 Å². The van der Waals surface area contributed by atoms with Gasteiger partial charge in [0, 0.05) is 11.9 Å². The molecule has 0 radical (unpaired) electrons. The van der Waals surface area contributed by atoms with E-state index in [1.54, 1.807) is 17.8 Å². The molecule has 6 heteroatoms. The van der Waals surface area contributed by atoms with Crippen molar-refractivity contribution in [2.45, 2.75) is 11.3 Å². The molecule has 0 atom stereocenters. The SMILES string of the molecule is O=[N+]([O-])c1ccc(SCCCCl)cn1. The third kappa shape index (κ3) is 3.51. The molecule has 1 heterocycles. The Kier molecular flexibility index (Phi) is 4.69. The van der Waals surface area contributed by atoms with Gasteiger partial charge in [-0.1, -0.05) is 0 Å². The summed E-state index contributed by atoms with van der Waals surface area (Å²) in [5, 5.41) is 10.3. The van der Waals surface area contributed by atoms with Gasteiger partial charge in [0.2, 0.25) is 0 Å². The maximum Gasteiger partial charge on any atom is 0.363 e. The molecule has 1 aromatic heterocycles. The van der Waals surface area contributed by atoms with E-state index in [1.807, 2.05) is 0 Å². The van der Waals surface area contributed by atoms with E-state index in [-0.39, 0.29) is 5.82 Å². The van der Waals surface area contributed by atoms with Crippen LogP contribution in [-0.4, -0.2) is 21.5 Å². The number of pyridine rings is 1. The van der Waals surface area contributed by atoms with Gasteiger partial charge in [-0.25, -0.2) is 0 Å². The molecule has 0 N–H and O–H groups in total. The Morgan fingerprint density at radius 1 is 1.57 bits per heavy atom. The first-order chi connectivity index (χ1) is 6.74. The van der Waals surface area contributed by atoms with Crippen LogP contribution in [0.3, 0.4) is 0 Å². The van der Waals surface area contributed by atoms with Crippen LogP contribution < -0.4 is 0 Å². The van der Waals surface area contributed by atoms with Crippen LogP contribution in [0.1, 0.15) is 6.42 Å². The fourth-order valence-corrected chi connectivity index (χ4v) is 1.92. The zero-order valence-electron chi connectivity index (χ0n) is 7.35. The Hall–Kier alpha value is -0.810. The van der Waals surface area contributed by atoms with Gasteiger partial charge in [0.25, 0.3) is 0 Å². The average Bonchev–Trinajstić information content (AvgIpc) is 2.19. The third-order valence-electron chi connectivity index (χ3n) is 1.45. The van der Waals surface area contributed by atoms with Crippen LogP contribution in [0.25, 0.3) is 0 Å². The van der Waals surface area contributed by atoms with E-state index in [4.69, 9.17) is 11.6 Å². The van der Waals surface area contributed by atoms with E-state index in [0.29, 0.717) is 5.88 Å². The van der Waals surface area contributed by atoms with Gasteiger partial charge in [-0.05, 0) is 28.1 Å². The quantitative estimate of drug-likeness (QED) is 0.258. The number of nitro groups is 1. The van der Waals surface area contributed by atoms with Gasteiger partial charge in [-0.3, -0.25) is 0 Å². The summed E-state index contributed by atoms with van der Waals surface area (Å²) >= 11 is 7.11. The monoisotopic (exact) mass is 232 g/mol. The number of hydrogen-bond donors (Lipinski definition) is 0. The Bertz CT molecular complexity index is 305. The second kappa shape index (κ2) is 5.82. The molecule has 1 aromatic rings. The maximum atomic E-state index is 10.3. The van der Waals surface area contributed by atoms with Crippen LogP contribution in [0.4, 0.5) is 5.82 Å². The van der Waals surface area contributed by atoms with Gasteiger partial charge in [-0.15, -0.1) is 23.4 Å². The molecule has 76 valence electrons. The van der Waals surface area contributed by atoms with Crippen LogP contribution in [0.5, 0.6) is 0 Å². The van der Waals surface area contributed by atoms with Gasteiger partial charge in [0.1, 0.15) is 0 Å². The minimum absolute atomic E-state index is 0.119. The average molecular weight is 233 g/mol. The zero-order valence-corrected chi connectivity index (χ0v) is 8.92. The minimum atomic E-state index is -0.507. The molecule has 14 heavy (non-hydrogen) atoms. The summed E-state index contributed by atoms with van der Waals surface area (Å²) in [5.41, 5.74) is 0. The number of hydrogen-bond acceptors (Lipinski definition) is 4. The maximum absolute atomic E-state index is 10.3. The Morgan fingerprint density at radius 3 is 2.86 bits per heavy atom. The normalized spacial score (nSPS) is 10.1. The zero-order chi connectivity index (χ0) is 10.4. The summed E-state index contributed by atoms with van der Waals surface area (Å²) in [6.45, 7) is 0. The lowest BCUT2D eigenvalue weighted by Gasteiger charge is -1.97. The lowest BCUT2D eigenvalue weighted by Crippen LogP contribution is -1.91. The predicted molar refractivity (Wildman–Crippen MR) is 57.0 cm³/mol. The molecule has 0 saturated heterocycles. The second-order valence-electron chi connectivity index (χ2n) is 2.50. The van der Waals surface area contributed by atoms with Crippen LogP contribution in [-0.2, 0) is 0 Å². The Morgan fingerprint density at radius 2 is 2.36 bits per heavy atom. The van der Waals surface area contributed by atoms with E-state index in [2.05, 4.69) is 4.98 Å². The van der Waals surface area contributed by atoms with Crippen molar-refractivity contribution in [3.8, 4) is 0 Å². The fourth-order valence-electron chi connectivity index (χ4n) is 0.810. The third-order valence-corrected chi connectivity index (χ3v) is 2.79. The van der Waals surface area contributed by atoms with Crippen LogP contribution in [0, 0.1) is 10.1 Å². The van der Waals surface area contributed by atoms with Crippen LogP contribution >= 0.6 is 23.4 Å². The summed E-state index contributed by atoms with van der Waals surface area (Å²) in [7, 11) is 0. The number of rotatable bonds is 5. The van der Waals surface area contributed by atoms with Gasteiger partial charge in [0.05, 0.1) is 4.90 Å². The number of nitrogens with zero attached hydrogens (tertiary/aromatic N) is 2. The highest BCUT2D eigenvalue weighted by atomic mass is 35.5. The Balaban J connectivity index is 2.51. The van der Waals surface area contributed by atoms with Crippen LogP contribution in [0.2, 0.25) is 0 Å². The van der Waals surface area contributed by atoms with Crippen molar-refractivity contribution in [3.63, 3.8) is 0 Å². The van der Waals surface area contributed by atoms with Crippen LogP contribution in [0.15, 0.2) is 23.2 Å². The van der Waals surface area contributed by atoms with Crippen molar-refractivity contribution in [2.24, 2.45) is 0 Å². The minimum Gasteiger partial charge on any atom is -0.358 e. The van der Waals surface area contributed by atoms with Crippen molar-refractivity contribution in [3.05, 3.63) is 28.4 Å². The number of thioether (sulfide) groups is 1. The first-order valence-corrected chi connectivity index (χ1v) is 5.55. The first kappa shape index (κ1) is 11.3. The highest BCUT2D eigenvalue weighted by Gasteiger charge is 2.05. The fraction of sp³-hybridized carbons (Fsp3) is 0.375. The summed E-state index contributed by atoms with van der Waals surface area (Å²) in [4.78, 5) is 14.4. The summed E-state index contributed by atoms with van der Waals surface area (Å²) in [6, 6.07) is 3.10. The molecule has 0 aliphatic carbocycles. The number of aromatic nitrogens is 1. The van der Waals surface area contributed by atoms with Crippen molar-refractivity contribution in [1.29, 1.82) is 0 Å². The van der Waals surface area contributed by atoms with Crippen molar-refractivity contribution < 1.29 is 4.92 Å². The second-order valence-corrected chi connectivity index (χ2v) is 4.05. The Labute approximate surface area is 90.8 Å². The standard InChI is InChI=1S/C8H9ClN2O2S/c9-4-1-5-14-7-2-3-8(10-6-7)11(12)13/h2-3,6H,1,4-5H2. The topological polar surface area (TPSA) is 56.0 Å². The molecule has 0 aliphatic rings. The lowest BCUT2D eigenvalue weighted by atomic mass is 10.5. The molecule has 1 rings (SSSR count). The van der Waals surface area contributed by atoms with Gasteiger partial charge in [0.15, 0.2) is 6.20 Å². The molecular weight excluding hydrogens is 224 g/mol. The van der Waals surface area contributed by atoms with E-state index in [9.17, 15) is 10.1 Å². The summed E-state index contributed by atoms with van der Waals surface area (Å²) in [6.07, 6.45) is 2.43. The summed E-state index contributed by atoms with van der Waals surface area (Å²) < 4.78 is 0. The number of alkyl halides is 1. The van der Waals surface area contributed by atoms with E-state index >= 15 is 0 Å². The highest BCUT2D eigenvalue weighted by Crippen LogP contribution is 2.19. The largest absolute Gasteiger partial charge is 0.363 e. The molecule has 0 aliphatic heterocycles. The molecule has 0 saturated carbocycles. The smallest absolute Gasteiger partial charge is 0.358 e. The highest BCUT2D eigenvalue weighted by molar-refractivity contribution is 7.99. The number of halogens is 1.